The molecule has 19 heavy (non-hydrogen) atoms. The Kier molecular flexibility index (Phi) is 5.45. The molecule has 1 aromatic rings. The van der Waals surface area contributed by atoms with Crippen LogP contribution in [-0.4, -0.2) is 23.9 Å². The van der Waals surface area contributed by atoms with Gasteiger partial charge in [-0.25, -0.2) is 0 Å². The number of ether oxygens (including phenoxy) is 1. The first-order valence-corrected chi connectivity index (χ1v) is 7.78. The summed E-state index contributed by atoms with van der Waals surface area (Å²) in [5.74, 6) is 0. The van der Waals surface area contributed by atoms with Gasteiger partial charge in [0.25, 0.3) is 0 Å². The lowest BCUT2D eigenvalue weighted by atomic mass is 10.1. The van der Waals surface area contributed by atoms with Crippen LogP contribution < -0.4 is 10.6 Å². The normalized spacial score (nSPS) is 20.1. The molecule has 104 valence electrons. The van der Waals surface area contributed by atoms with Crippen LogP contribution in [0.3, 0.4) is 0 Å². The first-order valence-electron chi connectivity index (χ1n) is 6.20. The Labute approximate surface area is 132 Å². The number of hydrogen-bond acceptors (Lipinski definition) is 2. The molecule has 3 nitrogen and oxygen atoms in total. The molecule has 2 N–H and O–H groups in total. The number of benzene rings is 1. The molecule has 0 saturated carbocycles. The largest absolute Gasteiger partial charge is 0.376 e. The van der Waals surface area contributed by atoms with Crippen LogP contribution in [0.15, 0.2) is 22.7 Å². The van der Waals surface area contributed by atoms with Gasteiger partial charge < -0.3 is 15.4 Å². The number of hydrogen-bond donors (Lipinski definition) is 2. The standard InChI is InChI=1S/C13H16BrClN2OS/c1-8(12-3-2-6-18-12)16-13(19)17-11-5-4-9(14)7-10(11)15/h4-5,7-8,12H,2-3,6H2,1H3,(H2,16,17,19)/t8-,12+/m1/s1. The smallest absolute Gasteiger partial charge is 0.171 e. The zero-order chi connectivity index (χ0) is 13.8. The van der Waals surface area contributed by atoms with Gasteiger partial charge in [0.15, 0.2) is 5.11 Å². The predicted molar refractivity (Wildman–Crippen MR) is 86.9 cm³/mol. The maximum Gasteiger partial charge on any atom is 0.171 e. The second-order valence-electron chi connectivity index (χ2n) is 4.56. The van der Waals surface area contributed by atoms with Crippen LogP contribution in [-0.2, 0) is 4.74 Å². The fourth-order valence-electron chi connectivity index (χ4n) is 2.05. The SMILES string of the molecule is C[C@@H](NC(=S)Nc1ccc(Br)cc1Cl)[C@@H]1CCCO1. The molecule has 1 aromatic carbocycles. The van der Waals surface area contributed by atoms with E-state index in [2.05, 4.69) is 33.5 Å². The molecule has 1 aliphatic rings. The van der Waals surface area contributed by atoms with E-state index in [1.54, 1.807) is 0 Å². The van der Waals surface area contributed by atoms with E-state index in [9.17, 15) is 0 Å². The third-order valence-electron chi connectivity index (χ3n) is 3.06. The second-order valence-corrected chi connectivity index (χ2v) is 6.29. The average Bonchev–Trinajstić information content (AvgIpc) is 2.86. The molecule has 0 aromatic heterocycles. The minimum atomic E-state index is 0.191. The van der Waals surface area contributed by atoms with Gasteiger partial charge in [-0.05, 0) is 50.2 Å². The highest BCUT2D eigenvalue weighted by Crippen LogP contribution is 2.25. The molecule has 1 aliphatic heterocycles. The molecule has 0 unspecified atom stereocenters. The Balaban J connectivity index is 1.89. The zero-order valence-electron chi connectivity index (χ0n) is 10.6. The highest BCUT2D eigenvalue weighted by molar-refractivity contribution is 9.10. The summed E-state index contributed by atoms with van der Waals surface area (Å²) in [6, 6.07) is 5.82. The van der Waals surface area contributed by atoms with Crippen molar-refractivity contribution in [3.63, 3.8) is 0 Å². The van der Waals surface area contributed by atoms with Crippen molar-refractivity contribution in [2.24, 2.45) is 0 Å². The van der Waals surface area contributed by atoms with Crippen molar-refractivity contribution in [1.82, 2.24) is 5.32 Å². The molecule has 1 fully saturated rings. The Morgan fingerprint density at radius 3 is 3.00 bits per heavy atom. The molecule has 0 amide bonds. The molecule has 2 atom stereocenters. The van der Waals surface area contributed by atoms with Gasteiger partial charge in [0.05, 0.1) is 22.9 Å². The molecule has 0 radical (unpaired) electrons. The predicted octanol–water partition coefficient (Wildman–Crippen LogP) is 3.96. The first kappa shape index (κ1) is 15.0. The fourth-order valence-corrected chi connectivity index (χ4v) is 3.06. The number of thiocarbonyl (C=S) groups is 1. The third-order valence-corrected chi connectivity index (χ3v) is 4.09. The van der Waals surface area contributed by atoms with Crippen molar-refractivity contribution >= 4 is 50.5 Å². The van der Waals surface area contributed by atoms with Crippen LogP contribution in [0.5, 0.6) is 0 Å². The van der Waals surface area contributed by atoms with Gasteiger partial charge in [-0.15, -0.1) is 0 Å². The van der Waals surface area contributed by atoms with E-state index in [0.717, 1.165) is 29.6 Å². The summed E-state index contributed by atoms with van der Waals surface area (Å²) in [7, 11) is 0. The lowest BCUT2D eigenvalue weighted by Gasteiger charge is -2.22. The maximum absolute atomic E-state index is 6.13. The monoisotopic (exact) mass is 362 g/mol. The summed E-state index contributed by atoms with van der Waals surface area (Å²) in [5, 5.41) is 7.53. The van der Waals surface area contributed by atoms with E-state index in [1.807, 2.05) is 18.2 Å². The van der Waals surface area contributed by atoms with Gasteiger partial charge in [-0.1, -0.05) is 27.5 Å². The lowest BCUT2D eigenvalue weighted by molar-refractivity contribution is 0.0895. The Morgan fingerprint density at radius 1 is 1.58 bits per heavy atom. The van der Waals surface area contributed by atoms with Gasteiger partial charge in [-0.2, -0.15) is 0 Å². The quantitative estimate of drug-likeness (QED) is 0.797. The van der Waals surface area contributed by atoms with Crippen molar-refractivity contribution in [1.29, 1.82) is 0 Å². The van der Waals surface area contributed by atoms with Crippen molar-refractivity contribution in [3.05, 3.63) is 27.7 Å². The lowest BCUT2D eigenvalue weighted by Crippen LogP contribution is -2.42. The molecule has 0 aliphatic carbocycles. The summed E-state index contributed by atoms with van der Waals surface area (Å²) < 4.78 is 6.56. The number of anilines is 1. The molecule has 2 rings (SSSR count). The number of nitrogens with one attached hydrogen (secondary N) is 2. The Morgan fingerprint density at radius 2 is 2.37 bits per heavy atom. The number of halogens is 2. The first-order chi connectivity index (χ1) is 9.06. The van der Waals surface area contributed by atoms with Crippen LogP contribution in [0.25, 0.3) is 0 Å². The fraction of sp³-hybridized carbons (Fsp3) is 0.462. The molecular weight excluding hydrogens is 348 g/mol. The number of rotatable bonds is 3. The van der Waals surface area contributed by atoms with Gasteiger partial charge in [0.1, 0.15) is 0 Å². The van der Waals surface area contributed by atoms with Crippen molar-refractivity contribution in [2.75, 3.05) is 11.9 Å². The molecule has 6 heteroatoms. The molecule has 0 spiro atoms. The third kappa shape index (κ3) is 4.31. The topological polar surface area (TPSA) is 33.3 Å². The van der Waals surface area contributed by atoms with Gasteiger partial charge in [-0.3, -0.25) is 0 Å². The summed E-state index contributed by atoms with van der Waals surface area (Å²) in [4.78, 5) is 0. The highest BCUT2D eigenvalue weighted by atomic mass is 79.9. The summed E-state index contributed by atoms with van der Waals surface area (Å²) in [6.07, 6.45) is 2.44. The summed E-state index contributed by atoms with van der Waals surface area (Å²) in [5.41, 5.74) is 0.793. The molecular formula is C13H16BrClN2OS. The summed E-state index contributed by atoms with van der Waals surface area (Å²) in [6.45, 7) is 2.92. The average molecular weight is 364 g/mol. The van der Waals surface area contributed by atoms with E-state index in [4.69, 9.17) is 28.6 Å². The molecule has 1 saturated heterocycles. The summed E-state index contributed by atoms with van der Waals surface area (Å²) >= 11 is 14.8. The van der Waals surface area contributed by atoms with Crippen LogP contribution >= 0.6 is 39.7 Å². The molecule has 0 bridgehead atoms. The zero-order valence-corrected chi connectivity index (χ0v) is 13.7. The van der Waals surface area contributed by atoms with E-state index in [0.29, 0.717) is 10.1 Å². The van der Waals surface area contributed by atoms with E-state index >= 15 is 0 Å². The van der Waals surface area contributed by atoms with Gasteiger partial charge in [0.2, 0.25) is 0 Å². The highest BCUT2D eigenvalue weighted by Gasteiger charge is 2.22. The minimum absolute atomic E-state index is 0.191. The Bertz CT molecular complexity index is 466. The maximum atomic E-state index is 6.13. The van der Waals surface area contributed by atoms with E-state index in [1.165, 1.54) is 0 Å². The Hall–Kier alpha value is -0.360. The van der Waals surface area contributed by atoms with Crippen molar-refractivity contribution in [3.8, 4) is 0 Å². The molecule has 1 heterocycles. The van der Waals surface area contributed by atoms with Crippen molar-refractivity contribution in [2.45, 2.75) is 31.9 Å². The van der Waals surface area contributed by atoms with Crippen LogP contribution in [0.1, 0.15) is 19.8 Å². The van der Waals surface area contributed by atoms with Crippen molar-refractivity contribution < 1.29 is 4.74 Å². The van der Waals surface area contributed by atoms with Crippen LogP contribution in [0, 0.1) is 0 Å². The second kappa shape index (κ2) is 6.88. The van der Waals surface area contributed by atoms with Gasteiger partial charge >= 0.3 is 0 Å². The van der Waals surface area contributed by atoms with Crippen LogP contribution in [0.2, 0.25) is 5.02 Å². The van der Waals surface area contributed by atoms with Gasteiger partial charge in [0, 0.05) is 11.1 Å². The van der Waals surface area contributed by atoms with E-state index < -0.39 is 0 Å². The van der Waals surface area contributed by atoms with E-state index in [-0.39, 0.29) is 12.1 Å². The minimum Gasteiger partial charge on any atom is -0.376 e. The van der Waals surface area contributed by atoms with Crippen LogP contribution in [0.4, 0.5) is 5.69 Å².